The fourth-order valence-electron chi connectivity index (χ4n) is 1.88. The van der Waals surface area contributed by atoms with Crippen LogP contribution in [0.2, 0.25) is 0 Å². The van der Waals surface area contributed by atoms with Crippen LogP contribution >= 0.6 is 0 Å². The third-order valence-corrected chi connectivity index (χ3v) is 2.83. The lowest BCUT2D eigenvalue weighted by molar-refractivity contribution is -0.118. The summed E-state index contributed by atoms with van der Waals surface area (Å²) in [4.78, 5) is 11.1. The number of carbonyl (C=O) groups is 1. The Labute approximate surface area is 83.9 Å². The zero-order valence-electron chi connectivity index (χ0n) is 8.49. The number of rotatable bonds is 3. The molecule has 2 nitrogen and oxygen atoms in total. The average molecular weight is 190 g/mol. The quantitative estimate of drug-likeness (QED) is 0.731. The van der Waals surface area contributed by atoms with Crippen molar-refractivity contribution in [3.8, 4) is 5.75 Å². The van der Waals surface area contributed by atoms with Crippen molar-refractivity contribution in [3.63, 3.8) is 0 Å². The molecule has 0 radical (unpaired) electrons. The van der Waals surface area contributed by atoms with Gasteiger partial charge in [0.25, 0.3) is 0 Å². The van der Waals surface area contributed by atoms with Crippen LogP contribution in [-0.4, -0.2) is 12.9 Å². The van der Waals surface area contributed by atoms with Crippen LogP contribution in [-0.2, 0) is 4.79 Å². The van der Waals surface area contributed by atoms with Gasteiger partial charge >= 0.3 is 0 Å². The molecule has 0 spiro atoms. The first kappa shape index (κ1) is 9.25. The summed E-state index contributed by atoms with van der Waals surface area (Å²) in [7, 11) is 1.66. The lowest BCUT2D eigenvalue weighted by atomic mass is 10.1. The summed E-state index contributed by atoms with van der Waals surface area (Å²) < 4.78 is 5.14. The van der Waals surface area contributed by atoms with E-state index in [4.69, 9.17) is 4.74 Å². The molecule has 0 bridgehead atoms. The lowest BCUT2D eigenvalue weighted by Gasteiger charge is -2.02. The molecule has 0 saturated heterocycles. The summed E-state index contributed by atoms with van der Waals surface area (Å²) >= 11 is 0. The van der Waals surface area contributed by atoms with E-state index in [-0.39, 0.29) is 5.92 Å². The largest absolute Gasteiger partial charge is 0.497 e. The maximum Gasteiger partial charge on any atom is 0.133 e. The van der Waals surface area contributed by atoms with E-state index < -0.39 is 0 Å². The van der Waals surface area contributed by atoms with Crippen LogP contribution in [0.25, 0.3) is 0 Å². The molecule has 1 saturated carbocycles. The number of ketones is 1. The summed E-state index contributed by atoms with van der Waals surface area (Å²) in [6.45, 7) is 1.67. The van der Waals surface area contributed by atoms with E-state index in [0.29, 0.717) is 11.7 Å². The summed E-state index contributed by atoms with van der Waals surface area (Å²) in [6.07, 6.45) is 1.00. The van der Waals surface area contributed by atoms with Crippen LogP contribution in [0.15, 0.2) is 24.3 Å². The Morgan fingerprint density at radius 2 is 2.29 bits per heavy atom. The third kappa shape index (κ3) is 1.65. The fourth-order valence-corrected chi connectivity index (χ4v) is 1.88. The van der Waals surface area contributed by atoms with Gasteiger partial charge in [-0.15, -0.1) is 0 Å². The average Bonchev–Trinajstić information content (AvgIpc) is 2.97. The molecule has 1 aliphatic rings. The minimum Gasteiger partial charge on any atom is -0.497 e. The smallest absolute Gasteiger partial charge is 0.133 e. The van der Waals surface area contributed by atoms with Crippen molar-refractivity contribution in [3.05, 3.63) is 29.8 Å². The van der Waals surface area contributed by atoms with Gasteiger partial charge in [0.05, 0.1) is 7.11 Å². The molecule has 0 N–H and O–H groups in total. The number of methoxy groups -OCH3 is 1. The number of ether oxygens (including phenoxy) is 1. The molecule has 1 aromatic rings. The Bertz CT molecular complexity index is 357. The van der Waals surface area contributed by atoms with Crippen molar-refractivity contribution in [1.29, 1.82) is 0 Å². The van der Waals surface area contributed by atoms with Crippen molar-refractivity contribution >= 4 is 5.78 Å². The zero-order valence-corrected chi connectivity index (χ0v) is 8.49. The third-order valence-electron chi connectivity index (χ3n) is 2.83. The SMILES string of the molecule is COc1cccc([C@@H]2C[C@H]2C(C)=O)c1. The Hall–Kier alpha value is -1.31. The molecule has 1 aliphatic carbocycles. The van der Waals surface area contributed by atoms with Crippen molar-refractivity contribution in [2.45, 2.75) is 19.3 Å². The van der Waals surface area contributed by atoms with E-state index in [1.165, 1.54) is 5.56 Å². The predicted molar refractivity (Wildman–Crippen MR) is 54.5 cm³/mol. The Balaban J connectivity index is 2.15. The van der Waals surface area contributed by atoms with E-state index in [0.717, 1.165) is 12.2 Å². The van der Waals surface area contributed by atoms with E-state index in [9.17, 15) is 4.79 Å². The van der Waals surface area contributed by atoms with Gasteiger partial charge in [-0.25, -0.2) is 0 Å². The van der Waals surface area contributed by atoms with Crippen molar-refractivity contribution in [2.24, 2.45) is 5.92 Å². The predicted octanol–water partition coefficient (Wildman–Crippen LogP) is 2.39. The van der Waals surface area contributed by atoms with Gasteiger partial charge in [-0.1, -0.05) is 12.1 Å². The maximum absolute atomic E-state index is 11.1. The molecule has 0 aromatic heterocycles. The Morgan fingerprint density at radius 1 is 1.50 bits per heavy atom. The van der Waals surface area contributed by atoms with E-state index in [1.807, 2.05) is 18.2 Å². The first-order valence-electron chi connectivity index (χ1n) is 4.87. The van der Waals surface area contributed by atoms with Gasteiger partial charge in [0, 0.05) is 5.92 Å². The van der Waals surface area contributed by atoms with Crippen molar-refractivity contribution in [1.82, 2.24) is 0 Å². The molecule has 1 aromatic carbocycles. The molecule has 0 amide bonds. The number of benzene rings is 1. The van der Waals surface area contributed by atoms with Crippen molar-refractivity contribution in [2.75, 3.05) is 7.11 Å². The van der Waals surface area contributed by atoms with E-state index in [2.05, 4.69) is 6.07 Å². The molecule has 74 valence electrons. The molecular formula is C12H14O2. The second kappa shape index (κ2) is 3.45. The van der Waals surface area contributed by atoms with Crippen LogP contribution in [0, 0.1) is 5.92 Å². The first-order valence-corrected chi connectivity index (χ1v) is 4.87. The van der Waals surface area contributed by atoms with Gasteiger partial charge in [0.15, 0.2) is 0 Å². The first-order chi connectivity index (χ1) is 6.72. The molecule has 2 rings (SSSR count). The number of hydrogen-bond acceptors (Lipinski definition) is 2. The van der Waals surface area contributed by atoms with Crippen LogP contribution in [0.5, 0.6) is 5.75 Å². The summed E-state index contributed by atoms with van der Waals surface area (Å²) in [6, 6.07) is 7.99. The molecular weight excluding hydrogens is 176 g/mol. The lowest BCUT2D eigenvalue weighted by Crippen LogP contribution is -1.94. The molecule has 0 heterocycles. The van der Waals surface area contributed by atoms with Crippen LogP contribution < -0.4 is 4.74 Å². The van der Waals surface area contributed by atoms with Gasteiger partial charge in [0.2, 0.25) is 0 Å². The number of carbonyl (C=O) groups excluding carboxylic acids is 1. The van der Waals surface area contributed by atoms with Gasteiger partial charge in [0.1, 0.15) is 11.5 Å². The zero-order chi connectivity index (χ0) is 10.1. The van der Waals surface area contributed by atoms with Crippen LogP contribution in [0.4, 0.5) is 0 Å². The number of Topliss-reactive ketones (excluding diaryl/α,β-unsaturated/α-hetero) is 1. The van der Waals surface area contributed by atoms with Gasteiger partial charge in [-0.2, -0.15) is 0 Å². The van der Waals surface area contributed by atoms with Gasteiger partial charge in [-0.3, -0.25) is 4.79 Å². The Kier molecular flexibility index (Phi) is 2.28. The van der Waals surface area contributed by atoms with Gasteiger partial charge in [-0.05, 0) is 37.0 Å². The minimum absolute atomic E-state index is 0.252. The summed E-state index contributed by atoms with van der Waals surface area (Å²) in [5, 5.41) is 0. The molecule has 2 atom stereocenters. The topological polar surface area (TPSA) is 26.3 Å². The Morgan fingerprint density at radius 3 is 2.86 bits per heavy atom. The van der Waals surface area contributed by atoms with E-state index >= 15 is 0 Å². The maximum atomic E-state index is 11.1. The van der Waals surface area contributed by atoms with Crippen molar-refractivity contribution < 1.29 is 9.53 Å². The minimum atomic E-state index is 0.252. The monoisotopic (exact) mass is 190 g/mol. The highest BCUT2D eigenvalue weighted by Gasteiger charge is 2.41. The van der Waals surface area contributed by atoms with E-state index in [1.54, 1.807) is 14.0 Å². The van der Waals surface area contributed by atoms with Gasteiger partial charge < -0.3 is 4.74 Å². The highest BCUT2D eigenvalue weighted by Crippen LogP contribution is 2.48. The normalized spacial score (nSPS) is 24.4. The molecule has 1 fully saturated rings. The molecule has 2 heteroatoms. The molecule has 0 aliphatic heterocycles. The fraction of sp³-hybridized carbons (Fsp3) is 0.417. The summed E-state index contributed by atoms with van der Waals surface area (Å²) in [5.41, 5.74) is 1.23. The second-order valence-electron chi connectivity index (χ2n) is 3.84. The van der Waals surface area contributed by atoms with Crippen LogP contribution in [0.1, 0.15) is 24.8 Å². The number of hydrogen-bond donors (Lipinski definition) is 0. The standard InChI is InChI=1S/C12H14O2/c1-8(13)11-7-12(11)9-4-3-5-10(6-9)14-2/h3-6,11-12H,7H2,1-2H3/t11-,12-/m0/s1. The van der Waals surface area contributed by atoms with Crippen LogP contribution in [0.3, 0.4) is 0 Å². The highest BCUT2D eigenvalue weighted by atomic mass is 16.5. The highest BCUT2D eigenvalue weighted by molar-refractivity contribution is 5.82. The second-order valence-corrected chi connectivity index (χ2v) is 3.84. The summed E-state index contributed by atoms with van der Waals surface area (Å²) in [5.74, 6) is 1.86. The molecule has 14 heavy (non-hydrogen) atoms. The molecule has 0 unspecified atom stereocenters.